The van der Waals surface area contributed by atoms with E-state index in [9.17, 15) is 0 Å². The van der Waals surface area contributed by atoms with Gasteiger partial charge in [-0.3, -0.25) is 0 Å². The Morgan fingerprint density at radius 2 is 0.736 bits per heavy atom. The molecule has 20 rings (SSSR count). The van der Waals surface area contributed by atoms with E-state index in [-0.39, 0.29) is 0 Å². The lowest BCUT2D eigenvalue weighted by molar-refractivity contribution is 1.02. The molecule has 0 bridgehead atoms. The predicted octanol–water partition coefficient (Wildman–Crippen LogP) is 24.9. The number of hydrogen-bond acceptors (Lipinski definition) is 2. The van der Waals surface area contributed by atoms with Crippen LogP contribution in [0.2, 0.25) is 0 Å². The largest absolute Gasteiger partial charge is 0.355 e. The molecular weight excluding hydrogens is 1210 g/mol. The van der Waals surface area contributed by atoms with E-state index in [0.717, 1.165) is 4.47 Å². The number of H-pyrrole nitrogens is 1. The fourth-order valence-electron chi connectivity index (χ4n) is 14.4. The number of benzene rings is 14. The number of nitrogens with zero attached hydrogens (tertiary/aromatic N) is 2. The fourth-order valence-corrected chi connectivity index (χ4v) is 16.9. The summed E-state index contributed by atoms with van der Waals surface area (Å²) in [4.78, 5) is 3.54. The Morgan fingerprint density at radius 3 is 1.42 bits per heavy atom. The number of rotatable bonds is 5. The monoisotopic (exact) mass is 1260 g/mol. The summed E-state index contributed by atoms with van der Waals surface area (Å²) >= 11 is 7.22. The second kappa shape index (κ2) is 21.9. The van der Waals surface area contributed by atoms with Crippen molar-refractivity contribution in [3.05, 3.63) is 337 Å². The van der Waals surface area contributed by atoms with Crippen LogP contribution < -0.4 is 0 Å². The van der Waals surface area contributed by atoms with Crippen molar-refractivity contribution in [2.24, 2.45) is 0 Å². The van der Waals surface area contributed by atoms with Crippen molar-refractivity contribution in [3.8, 4) is 44.8 Å². The highest BCUT2D eigenvalue weighted by atomic mass is 79.9. The van der Waals surface area contributed by atoms with Crippen LogP contribution in [0.4, 0.5) is 0 Å². The van der Waals surface area contributed by atoms with Crippen molar-refractivity contribution in [2.45, 2.75) is 5.92 Å². The smallest absolute Gasteiger partial charge is 0.0541 e. The molecule has 0 saturated carbocycles. The van der Waals surface area contributed by atoms with E-state index in [2.05, 4.69) is 345 Å². The maximum atomic E-state index is 3.54. The first-order valence-electron chi connectivity index (χ1n) is 30.9. The highest BCUT2D eigenvalue weighted by molar-refractivity contribution is 9.10. The second-order valence-corrected chi connectivity index (χ2v) is 26.8. The summed E-state index contributed by atoms with van der Waals surface area (Å²) < 4.78 is 11.3. The van der Waals surface area contributed by atoms with E-state index in [1.165, 1.54) is 167 Å². The molecule has 5 heterocycles. The van der Waals surface area contributed by atoms with Gasteiger partial charge in [0.25, 0.3) is 0 Å². The third-order valence-corrected chi connectivity index (χ3v) is 21.3. The zero-order valence-corrected chi connectivity index (χ0v) is 52.4. The van der Waals surface area contributed by atoms with Gasteiger partial charge in [0.2, 0.25) is 0 Å². The van der Waals surface area contributed by atoms with Gasteiger partial charge in [0.05, 0.1) is 22.1 Å². The maximum Gasteiger partial charge on any atom is 0.0541 e. The molecule has 1 unspecified atom stereocenters. The molecule has 0 aliphatic heterocycles. The van der Waals surface area contributed by atoms with Crippen molar-refractivity contribution in [2.75, 3.05) is 0 Å². The van der Waals surface area contributed by atoms with Crippen LogP contribution in [0.1, 0.15) is 22.6 Å². The number of para-hydroxylation sites is 4. The average molecular weight is 1260 g/mol. The van der Waals surface area contributed by atoms with Gasteiger partial charge in [0, 0.05) is 105 Å². The Hall–Kier alpha value is -10.6. The van der Waals surface area contributed by atoms with Crippen LogP contribution in [-0.4, -0.2) is 14.1 Å². The predicted molar refractivity (Wildman–Crippen MR) is 395 cm³/mol. The second-order valence-electron chi connectivity index (χ2n) is 23.7. The highest BCUT2D eigenvalue weighted by Gasteiger charge is 2.30. The third kappa shape index (κ3) is 9.04. The molecule has 1 aliphatic carbocycles. The van der Waals surface area contributed by atoms with Crippen molar-refractivity contribution in [1.29, 1.82) is 0 Å². The molecule has 428 valence electrons. The number of hydrogen-bond donors (Lipinski definition) is 1. The lowest BCUT2D eigenvalue weighted by atomic mass is 9.89. The fraction of sp³-hybridized carbons (Fsp3) is 0.0118. The van der Waals surface area contributed by atoms with E-state index in [1.807, 2.05) is 22.7 Å². The van der Waals surface area contributed by atoms with Crippen molar-refractivity contribution < 1.29 is 0 Å². The van der Waals surface area contributed by atoms with Crippen LogP contribution in [0, 0.1) is 0 Å². The summed E-state index contributed by atoms with van der Waals surface area (Å²) in [5.41, 5.74) is 21.5. The first-order chi connectivity index (χ1) is 45.0. The van der Waals surface area contributed by atoms with Gasteiger partial charge in [-0.25, -0.2) is 0 Å². The van der Waals surface area contributed by atoms with Crippen LogP contribution >= 0.6 is 38.6 Å². The SMILES string of the molecule is Brc1ccc2sc3ccccc3c2c1.c1ccc(-n2c3ccccc3c3cc(-c4ccc5c(c4)c4ccccc4n5-c4ccc5sc6ccccc6c5c4)ccc32)cc1.c1ccc(C2c3ccccc3-c3cc(-c4ccc5[nH]c6ccccc6c5c4)ccc32)cc1. The zero-order chi connectivity index (χ0) is 60.1. The van der Waals surface area contributed by atoms with Crippen LogP contribution in [0.25, 0.3) is 151 Å². The number of aromatic nitrogens is 3. The molecule has 91 heavy (non-hydrogen) atoms. The number of nitrogens with one attached hydrogen (secondary N) is 1. The van der Waals surface area contributed by atoms with Crippen molar-refractivity contribution in [1.82, 2.24) is 14.1 Å². The Bertz CT molecular complexity index is 6060. The van der Waals surface area contributed by atoms with Crippen LogP contribution in [0.5, 0.6) is 0 Å². The van der Waals surface area contributed by atoms with Crippen LogP contribution in [-0.2, 0) is 0 Å². The molecular formula is C85H54BrN3S2. The van der Waals surface area contributed by atoms with Crippen LogP contribution in [0.15, 0.2) is 320 Å². The minimum Gasteiger partial charge on any atom is -0.355 e. The van der Waals surface area contributed by atoms with Gasteiger partial charge < -0.3 is 14.1 Å². The first-order valence-corrected chi connectivity index (χ1v) is 33.4. The van der Waals surface area contributed by atoms with E-state index in [0.29, 0.717) is 5.92 Å². The van der Waals surface area contributed by atoms with Gasteiger partial charge in [-0.15, -0.1) is 22.7 Å². The van der Waals surface area contributed by atoms with Gasteiger partial charge >= 0.3 is 0 Å². The number of aromatic amines is 1. The molecule has 5 aromatic heterocycles. The molecule has 0 spiro atoms. The molecule has 0 fully saturated rings. The van der Waals surface area contributed by atoms with Crippen molar-refractivity contribution >= 4 is 144 Å². The van der Waals surface area contributed by atoms with Crippen molar-refractivity contribution in [3.63, 3.8) is 0 Å². The van der Waals surface area contributed by atoms with E-state index >= 15 is 0 Å². The quantitative estimate of drug-likeness (QED) is 0.178. The van der Waals surface area contributed by atoms with Crippen LogP contribution in [0.3, 0.4) is 0 Å². The molecule has 14 aromatic carbocycles. The Morgan fingerprint density at radius 1 is 0.275 bits per heavy atom. The molecule has 1 atom stereocenters. The zero-order valence-electron chi connectivity index (χ0n) is 49.2. The molecule has 1 aliphatic rings. The molecule has 1 N–H and O–H groups in total. The highest BCUT2D eigenvalue weighted by Crippen LogP contribution is 2.50. The lowest BCUT2D eigenvalue weighted by Crippen LogP contribution is -1.98. The summed E-state index contributed by atoms with van der Waals surface area (Å²) in [6.07, 6.45) is 0. The third-order valence-electron chi connectivity index (χ3n) is 18.5. The standard InChI is InChI=1S/C42H26N2S.C31H21N.C12H7BrS/c1-2-10-29(11-3-1)43-37-15-7-4-12-31(37)34-24-27(18-21-39(34)43)28-19-22-40-35(25-28)32-13-5-8-16-38(32)44(40)30-20-23-42-36(26-30)33-14-6-9-17-41(33)45-42;1-2-8-20(9-3-1)31-25-12-5-4-10-23(25)27-18-21(14-16-26(27)31)22-15-17-30-28(19-22)24-11-6-7-13-29(24)32-30;13-8-5-6-12-10(7-8)9-3-1-2-4-11(9)14-12/h1-26H;1-19,31-32H;1-7H. The van der Waals surface area contributed by atoms with E-state index < -0.39 is 0 Å². The summed E-state index contributed by atoms with van der Waals surface area (Å²) in [5.74, 6) is 0.299. The van der Waals surface area contributed by atoms with Gasteiger partial charge in [0.1, 0.15) is 0 Å². The topological polar surface area (TPSA) is 25.6 Å². The van der Waals surface area contributed by atoms with Gasteiger partial charge in [0.15, 0.2) is 0 Å². The molecule has 0 radical (unpaired) electrons. The minimum atomic E-state index is 0.299. The Balaban J connectivity index is 0.000000115. The molecule has 0 saturated heterocycles. The molecule has 3 nitrogen and oxygen atoms in total. The number of thiophene rings is 2. The number of halogens is 1. The average Bonchev–Trinajstić information content (AvgIpc) is 1.63. The molecule has 19 aromatic rings. The number of fused-ring (bicyclic) bond motifs is 18. The first kappa shape index (κ1) is 53.4. The molecule has 0 amide bonds. The summed E-state index contributed by atoms with van der Waals surface area (Å²) in [5, 5.41) is 13.0. The van der Waals surface area contributed by atoms with E-state index in [4.69, 9.17) is 0 Å². The van der Waals surface area contributed by atoms with Gasteiger partial charge in [-0.1, -0.05) is 210 Å². The summed E-state index contributed by atoms with van der Waals surface area (Å²) in [6.45, 7) is 0. The lowest BCUT2D eigenvalue weighted by Gasteiger charge is -2.14. The summed E-state index contributed by atoms with van der Waals surface area (Å²) in [7, 11) is 0. The summed E-state index contributed by atoms with van der Waals surface area (Å²) in [6, 6.07) is 115. The van der Waals surface area contributed by atoms with E-state index in [1.54, 1.807) is 0 Å². The molecule has 6 heteroatoms. The Kier molecular flexibility index (Phi) is 12.8. The minimum absolute atomic E-state index is 0.299. The van der Waals surface area contributed by atoms with Gasteiger partial charge in [-0.2, -0.15) is 0 Å². The maximum absolute atomic E-state index is 3.54. The Labute approximate surface area is 541 Å². The van der Waals surface area contributed by atoms with Gasteiger partial charge in [-0.05, 0) is 171 Å². The normalized spacial score (nSPS) is 12.8.